The van der Waals surface area contributed by atoms with Gasteiger partial charge in [-0.2, -0.15) is 0 Å². The summed E-state index contributed by atoms with van der Waals surface area (Å²) in [4.78, 5) is 14.4. The molecular formula is C20H34N2O2. The average molecular weight is 335 g/mol. The van der Waals surface area contributed by atoms with E-state index in [0.717, 1.165) is 63.8 Å². The molecule has 0 aromatic carbocycles. The van der Waals surface area contributed by atoms with Gasteiger partial charge in [0, 0.05) is 32.7 Å². The highest BCUT2D eigenvalue weighted by Gasteiger charge is 2.50. The standard InChI is InChI=1S/C20H34N2O2/c1-20(2)16-5-4-15(18(20)14-16)9-12-22-17(6-7-19(22)23)8-10-21-11-13-24-3/h4,16-18,21H,5-14H2,1-3H3/t16-,17-,18-/m0/s1. The fourth-order valence-electron chi connectivity index (χ4n) is 4.98. The van der Waals surface area contributed by atoms with Gasteiger partial charge in [-0.15, -0.1) is 0 Å². The van der Waals surface area contributed by atoms with Crippen molar-refractivity contribution in [2.75, 3.05) is 33.4 Å². The smallest absolute Gasteiger partial charge is 0.222 e. The molecule has 4 aliphatic rings. The first kappa shape index (κ1) is 17.9. The number of nitrogens with one attached hydrogen (secondary N) is 1. The van der Waals surface area contributed by atoms with E-state index in [4.69, 9.17) is 4.74 Å². The third-order valence-electron chi connectivity index (χ3n) is 6.81. The Labute approximate surface area is 147 Å². The number of hydrogen-bond acceptors (Lipinski definition) is 3. The van der Waals surface area contributed by atoms with Crippen molar-refractivity contribution < 1.29 is 9.53 Å². The van der Waals surface area contributed by atoms with Crippen LogP contribution in [-0.4, -0.2) is 50.2 Å². The van der Waals surface area contributed by atoms with Crippen molar-refractivity contribution in [3.63, 3.8) is 0 Å². The van der Waals surface area contributed by atoms with Gasteiger partial charge >= 0.3 is 0 Å². The Balaban J connectivity index is 1.46. The van der Waals surface area contributed by atoms with Gasteiger partial charge in [-0.25, -0.2) is 0 Å². The van der Waals surface area contributed by atoms with Crippen molar-refractivity contribution in [3.05, 3.63) is 11.6 Å². The lowest BCUT2D eigenvalue weighted by molar-refractivity contribution is -0.129. The number of allylic oxidation sites excluding steroid dienone is 1. The molecule has 24 heavy (non-hydrogen) atoms. The maximum absolute atomic E-state index is 12.3. The molecule has 2 bridgehead atoms. The summed E-state index contributed by atoms with van der Waals surface area (Å²) in [6.07, 6.45) is 9.01. The molecule has 0 spiro atoms. The van der Waals surface area contributed by atoms with Crippen LogP contribution in [0.4, 0.5) is 0 Å². The number of carbonyl (C=O) groups is 1. The van der Waals surface area contributed by atoms with Crippen molar-refractivity contribution in [1.82, 2.24) is 10.2 Å². The van der Waals surface area contributed by atoms with Crippen LogP contribution < -0.4 is 5.32 Å². The van der Waals surface area contributed by atoms with Gasteiger partial charge < -0.3 is 15.0 Å². The Morgan fingerprint density at radius 2 is 2.21 bits per heavy atom. The molecule has 0 aromatic rings. The number of likely N-dealkylation sites (tertiary alicyclic amines) is 1. The molecule has 4 heteroatoms. The topological polar surface area (TPSA) is 41.6 Å². The lowest BCUT2D eigenvalue weighted by Crippen LogP contribution is -2.48. The first-order valence-electron chi connectivity index (χ1n) is 9.72. The minimum Gasteiger partial charge on any atom is -0.383 e. The summed E-state index contributed by atoms with van der Waals surface area (Å²) in [6, 6.07) is 0.430. The van der Waals surface area contributed by atoms with E-state index in [1.165, 1.54) is 12.8 Å². The Morgan fingerprint density at radius 1 is 1.38 bits per heavy atom. The quantitative estimate of drug-likeness (QED) is 0.521. The molecule has 0 unspecified atom stereocenters. The number of ether oxygens (including phenoxy) is 1. The molecule has 1 N–H and O–H groups in total. The molecule has 2 fully saturated rings. The van der Waals surface area contributed by atoms with Gasteiger partial charge in [-0.1, -0.05) is 25.5 Å². The maximum atomic E-state index is 12.3. The second-order valence-electron chi connectivity index (χ2n) is 8.38. The second-order valence-corrected chi connectivity index (χ2v) is 8.38. The summed E-state index contributed by atoms with van der Waals surface area (Å²) < 4.78 is 5.06. The molecular weight excluding hydrogens is 300 g/mol. The lowest BCUT2D eigenvalue weighted by atomic mass is 9.48. The predicted octanol–water partition coefficient (Wildman–Crippen LogP) is 2.99. The fraction of sp³-hybridized carbons (Fsp3) is 0.850. The number of hydrogen-bond donors (Lipinski definition) is 1. The summed E-state index contributed by atoms with van der Waals surface area (Å²) in [7, 11) is 1.73. The van der Waals surface area contributed by atoms with Crippen molar-refractivity contribution >= 4 is 5.91 Å². The van der Waals surface area contributed by atoms with Crippen LogP contribution in [0.25, 0.3) is 0 Å². The first-order valence-corrected chi connectivity index (χ1v) is 9.72. The largest absolute Gasteiger partial charge is 0.383 e. The molecule has 4 rings (SSSR count). The summed E-state index contributed by atoms with van der Waals surface area (Å²) in [6.45, 7) is 8.38. The number of rotatable bonds is 9. The van der Waals surface area contributed by atoms with E-state index in [0.29, 0.717) is 17.4 Å². The summed E-state index contributed by atoms with van der Waals surface area (Å²) in [5, 5.41) is 3.40. The van der Waals surface area contributed by atoms with Gasteiger partial charge in [-0.3, -0.25) is 4.79 Å². The SMILES string of the molecule is COCCNCC[C@@H]1CCC(=O)N1CCC1=CC[C@H]2C[C@@H]1C2(C)C. The third-order valence-corrected chi connectivity index (χ3v) is 6.81. The zero-order valence-corrected chi connectivity index (χ0v) is 15.6. The molecule has 1 saturated carbocycles. The van der Waals surface area contributed by atoms with Crippen LogP contribution in [0.15, 0.2) is 11.6 Å². The highest BCUT2D eigenvalue weighted by atomic mass is 16.5. The second kappa shape index (κ2) is 7.57. The zero-order valence-electron chi connectivity index (χ0n) is 15.6. The van der Waals surface area contributed by atoms with Crippen LogP contribution in [0, 0.1) is 17.3 Å². The number of amides is 1. The monoisotopic (exact) mass is 334 g/mol. The van der Waals surface area contributed by atoms with Gasteiger partial charge in [0.2, 0.25) is 5.91 Å². The van der Waals surface area contributed by atoms with E-state index in [2.05, 4.69) is 30.1 Å². The molecule has 1 aliphatic heterocycles. The van der Waals surface area contributed by atoms with E-state index in [-0.39, 0.29) is 0 Å². The lowest BCUT2D eigenvalue weighted by Gasteiger charge is -2.56. The molecule has 3 aliphatic carbocycles. The number of fused-ring (bicyclic) bond motifs is 1. The van der Waals surface area contributed by atoms with E-state index in [1.54, 1.807) is 12.7 Å². The van der Waals surface area contributed by atoms with Gasteiger partial charge in [-0.05, 0) is 55.9 Å². The van der Waals surface area contributed by atoms with Crippen molar-refractivity contribution in [1.29, 1.82) is 0 Å². The van der Waals surface area contributed by atoms with E-state index in [1.807, 2.05) is 0 Å². The van der Waals surface area contributed by atoms with Gasteiger partial charge in [0.15, 0.2) is 0 Å². The van der Waals surface area contributed by atoms with Gasteiger partial charge in [0.25, 0.3) is 0 Å². The van der Waals surface area contributed by atoms with Crippen LogP contribution >= 0.6 is 0 Å². The van der Waals surface area contributed by atoms with E-state index < -0.39 is 0 Å². The van der Waals surface area contributed by atoms with Gasteiger partial charge in [0.1, 0.15) is 0 Å². The Hall–Kier alpha value is -0.870. The van der Waals surface area contributed by atoms with Crippen LogP contribution in [0.5, 0.6) is 0 Å². The van der Waals surface area contributed by atoms with Gasteiger partial charge in [0.05, 0.1) is 6.61 Å². The molecule has 1 saturated heterocycles. The first-order chi connectivity index (χ1) is 11.5. The maximum Gasteiger partial charge on any atom is 0.222 e. The van der Waals surface area contributed by atoms with E-state index >= 15 is 0 Å². The molecule has 3 atom stereocenters. The molecule has 0 radical (unpaired) electrons. The minimum absolute atomic E-state index is 0.360. The summed E-state index contributed by atoms with van der Waals surface area (Å²) in [5.74, 6) is 2.02. The summed E-state index contributed by atoms with van der Waals surface area (Å²) >= 11 is 0. The normalized spacial score (nSPS) is 31.1. The third kappa shape index (κ3) is 3.55. The van der Waals surface area contributed by atoms with Crippen LogP contribution in [0.1, 0.15) is 52.4 Å². The van der Waals surface area contributed by atoms with Crippen molar-refractivity contribution in [2.24, 2.45) is 17.3 Å². The Bertz CT molecular complexity index is 486. The molecule has 1 heterocycles. The molecule has 136 valence electrons. The zero-order chi connectivity index (χ0) is 17.2. The molecule has 1 amide bonds. The molecule has 0 aromatic heterocycles. The van der Waals surface area contributed by atoms with Crippen LogP contribution in [-0.2, 0) is 9.53 Å². The highest BCUT2D eigenvalue weighted by molar-refractivity contribution is 5.78. The number of methoxy groups -OCH3 is 1. The minimum atomic E-state index is 0.360. The summed E-state index contributed by atoms with van der Waals surface area (Å²) in [5.41, 5.74) is 2.11. The van der Waals surface area contributed by atoms with Crippen LogP contribution in [0.3, 0.4) is 0 Å². The molecule has 4 nitrogen and oxygen atoms in total. The number of nitrogens with zero attached hydrogens (tertiary/aromatic N) is 1. The van der Waals surface area contributed by atoms with Crippen molar-refractivity contribution in [3.8, 4) is 0 Å². The van der Waals surface area contributed by atoms with Crippen molar-refractivity contribution in [2.45, 2.75) is 58.4 Å². The number of carbonyl (C=O) groups excluding carboxylic acids is 1. The fourth-order valence-corrected chi connectivity index (χ4v) is 4.98. The Morgan fingerprint density at radius 3 is 2.92 bits per heavy atom. The highest BCUT2D eigenvalue weighted by Crippen LogP contribution is 2.59. The van der Waals surface area contributed by atoms with E-state index in [9.17, 15) is 4.79 Å². The van der Waals surface area contributed by atoms with Crippen LogP contribution in [0.2, 0.25) is 0 Å². The average Bonchev–Trinajstić information content (AvgIpc) is 2.92. The predicted molar refractivity (Wildman–Crippen MR) is 96.8 cm³/mol. The Kier molecular flexibility index (Phi) is 5.66.